The molecule has 0 bridgehead atoms. The molecule has 0 radical (unpaired) electrons. The van der Waals surface area contributed by atoms with Gasteiger partial charge in [0.25, 0.3) is 0 Å². The Kier molecular flexibility index (Phi) is 5.27. The van der Waals surface area contributed by atoms with E-state index in [4.69, 9.17) is 5.11 Å². The fourth-order valence-corrected chi connectivity index (χ4v) is 1.99. The van der Waals surface area contributed by atoms with E-state index in [0.29, 0.717) is 6.54 Å². The quantitative estimate of drug-likeness (QED) is 0.664. The summed E-state index contributed by atoms with van der Waals surface area (Å²) >= 11 is 0. The topological polar surface area (TPSA) is 77.9 Å². The molecule has 0 aromatic heterocycles. The fraction of sp³-hybridized carbons (Fsp3) is 0.750. The number of aliphatic carboxylic acids is 1. The van der Waals surface area contributed by atoms with Gasteiger partial charge in [0.15, 0.2) is 0 Å². The van der Waals surface area contributed by atoms with Crippen LogP contribution < -0.4 is 0 Å². The Bertz CT molecular complexity index is 327. The number of hydrogen-bond donors (Lipinski definition) is 1. The Morgan fingerprint density at radius 3 is 2.39 bits per heavy atom. The van der Waals surface area contributed by atoms with E-state index < -0.39 is 5.97 Å². The van der Waals surface area contributed by atoms with Gasteiger partial charge in [-0.05, 0) is 13.3 Å². The Balaban J connectivity index is 2.53. The van der Waals surface area contributed by atoms with Gasteiger partial charge in [0.1, 0.15) is 0 Å². The number of carbonyl (C=O) groups is 3. The lowest BCUT2D eigenvalue weighted by Gasteiger charge is -2.28. The summed E-state index contributed by atoms with van der Waals surface area (Å²) in [6.07, 6.45) is 1.39. The van der Waals surface area contributed by atoms with Crippen LogP contribution >= 0.6 is 0 Å². The van der Waals surface area contributed by atoms with E-state index in [1.807, 2.05) is 13.8 Å². The molecule has 0 aliphatic carbocycles. The lowest BCUT2D eigenvalue weighted by Crippen LogP contribution is -2.43. The minimum atomic E-state index is -0.894. The highest BCUT2D eigenvalue weighted by Crippen LogP contribution is 2.12. The molecule has 1 unspecified atom stereocenters. The summed E-state index contributed by atoms with van der Waals surface area (Å²) < 4.78 is 0. The average Bonchev–Trinajstić information content (AvgIpc) is 2.63. The van der Waals surface area contributed by atoms with Crippen molar-refractivity contribution in [1.82, 2.24) is 9.80 Å². The van der Waals surface area contributed by atoms with Crippen LogP contribution in [0, 0.1) is 0 Å². The molecule has 1 heterocycles. The summed E-state index contributed by atoms with van der Waals surface area (Å²) in [6.45, 7) is 4.56. The summed E-state index contributed by atoms with van der Waals surface area (Å²) in [5.74, 6) is -1.20. The number of amides is 2. The molecule has 6 nitrogen and oxygen atoms in total. The maximum Gasteiger partial charge on any atom is 0.317 e. The van der Waals surface area contributed by atoms with Gasteiger partial charge in [0.05, 0.1) is 6.54 Å². The summed E-state index contributed by atoms with van der Waals surface area (Å²) in [7, 11) is 0. The number of hydrogen-bond acceptors (Lipinski definition) is 4. The third kappa shape index (κ3) is 3.80. The third-order valence-corrected chi connectivity index (χ3v) is 3.32. The molecule has 102 valence electrons. The van der Waals surface area contributed by atoms with Crippen LogP contribution in [0.1, 0.15) is 33.1 Å². The van der Waals surface area contributed by atoms with Gasteiger partial charge in [-0.3, -0.25) is 24.2 Å². The van der Waals surface area contributed by atoms with Crippen LogP contribution in [0.3, 0.4) is 0 Å². The van der Waals surface area contributed by atoms with Crippen LogP contribution in [0.4, 0.5) is 0 Å². The van der Waals surface area contributed by atoms with Gasteiger partial charge in [0.2, 0.25) is 11.8 Å². The molecule has 2 amide bonds. The second-order valence-corrected chi connectivity index (χ2v) is 4.56. The first-order valence-electron chi connectivity index (χ1n) is 6.24. The molecular weight excluding hydrogens is 236 g/mol. The number of carbonyl (C=O) groups excluding carboxylic acids is 2. The van der Waals surface area contributed by atoms with E-state index >= 15 is 0 Å². The molecule has 1 N–H and O–H groups in total. The molecular formula is C12H20N2O4. The molecule has 1 rings (SSSR count). The number of carboxylic acid groups (broad SMARTS) is 1. The van der Waals surface area contributed by atoms with E-state index in [1.54, 1.807) is 4.90 Å². The zero-order valence-corrected chi connectivity index (χ0v) is 10.9. The number of rotatable bonds is 7. The zero-order valence-electron chi connectivity index (χ0n) is 10.9. The minimum Gasteiger partial charge on any atom is -0.480 e. The van der Waals surface area contributed by atoms with Gasteiger partial charge < -0.3 is 5.11 Å². The molecule has 0 saturated carbocycles. The van der Waals surface area contributed by atoms with Crippen molar-refractivity contribution in [3.05, 3.63) is 0 Å². The van der Waals surface area contributed by atoms with Gasteiger partial charge in [-0.2, -0.15) is 0 Å². The number of nitrogens with zero attached hydrogens (tertiary/aromatic N) is 2. The lowest BCUT2D eigenvalue weighted by atomic mass is 10.2. The second-order valence-electron chi connectivity index (χ2n) is 4.56. The van der Waals surface area contributed by atoms with Crippen molar-refractivity contribution in [2.45, 2.75) is 39.2 Å². The monoisotopic (exact) mass is 256 g/mol. The first-order chi connectivity index (χ1) is 8.45. The highest BCUT2D eigenvalue weighted by atomic mass is 16.4. The molecule has 0 spiro atoms. The van der Waals surface area contributed by atoms with Crippen molar-refractivity contribution in [1.29, 1.82) is 0 Å². The summed E-state index contributed by atoms with van der Waals surface area (Å²) in [4.78, 5) is 36.6. The number of likely N-dealkylation sites (tertiary alicyclic amines) is 1. The van der Waals surface area contributed by atoms with Gasteiger partial charge in [-0.1, -0.05) is 6.92 Å². The van der Waals surface area contributed by atoms with E-state index in [1.165, 1.54) is 4.90 Å². The van der Waals surface area contributed by atoms with Crippen molar-refractivity contribution in [2.24, 2.45) is 0 Å². The fourth-order valence-electron chi connectivity index (χ4n) is 1.99. The second kappa shape index (κ2) is 6.49. The van der Waals surface area contributed by atoms with E-state index in [-0.39, 0.29) is 43.8 Å². The maximum atomic E-state index is 11.4. The highest BCUT2D eigenvalue weighted by Gasteiger charge is 2.29. The van der Waals surface area contributed by atoms with Crippen molar-refractivity contribution in [2.75, 3.05) is 19.6 Å². The Morgan fingerprint density at radius 1 is 1.39 bits per heavy atom. The van der Waals surface area contributed by atoms with E-state index in [2.05, 4.69) is 0 Å². The van der Waals surface area contributed by atoms with Gasteiger partial charge in [-0.25, -0.2) is 0 Å². The smallest absolute Gasteiger partial charge is 0.317 e. The molecule has 1 saturated heterocycles. The summed E-state index contributed by atoms with van der Waals surface area (Å²) in [5.41, 5.74) is 0. The zero-order chi connectivity index (χ0) is 13.7. The Labute approximate surface area is 107 Å². The first kappa shape index (κ1) is 14.6. The van der Waals surface area contributed by atoms with Crippen LogP contribution in [0.15, 0.2) is 0 Å². The maximum absolute atomic E-state index is 11.4. The third-order valence-electron chi connectivity index (χ3n) is 3.32. The van der Waals surface area contributed by atoms with Gasteiger partial charge in [0, 0.05) is 32.0 Å². The van der Waals surface area contributed by atoms with Crippen LogP contribution in [-0.4, -0.2) is 58.4 Å². The first-order valence-corrected chi connectivity index (χ1v) is 6.24. The van der Waals surface area contributed by atoms with E-state index in [0.717, 1.165) is 6.42 Å². The average molecular weight is 256 g/mol. The minimum absolute atomic E-state index is 0.0643. The highest BCUT2D eigenvalue weighted by molar-refractivity contribution is 6.01. The van der Waals surface area contributed by atoms with Crippen molar-refractivity contribution in [3.63, 3.8) is 0 Å². The normalized spacial score (nSPS) is 17.6. The van der Waals surface area contributed by atoms with Crippen LogP contribution in [0.25, 0.3) is 0 Å². The molecule has 0 aromatic rings. The van der Waals surface area contributed by atoms with E-state index in [9.17, 15) is 14.4 Å². The summed E-state index contributed by atoms with van der Waals surface area (Å²) in [5, 5.41) is 8.84. The SMILES string of the molecule is CCC(C)N(CCN1C(=O)CCC1=O)CC(=O)O. The molecule has 18 heavy (non-hydrogen) atoms. The molecule has 1 atom stereocenters. The molecule has 1 aliphatic rings. The van der Waals surface area contributed by atoms with Gasteiger partial charge in [-0.15, -0.1) is 0 Å². The van der Waals surface area contributed by atoms with Gasteiger partial charge >= 0.3 is 5.97 Å². The number of imide groups is 1. The molecule has 0 aromatic carbocycles. The molecule has 1 fully saturated rings. The number of carboxylic acids is 1. The van der Waals surface area contributed by atoms with Crippen LogP contribution in [0.5, 0.6) is 0 Å². The summed E-state index contributed by atoms with van der Waals surface area (Å²) in [6, 6.07) is 0.119. The largest absolute Gasteiger partial charge is 0.480 e. The predicted octanol–water partition coefficient (Wildman–Crippen LogP) is 0.321. The standard InChI is InChI=1S/C12H20N2O4/c1-3-9(2)13(8-12(17)18)6-7-14-10(15)4-5-11(14)16/h9H,3-8H2,1-2H3,(H,17,18). The Morgan fingerprint density at radius 2 is 1.94 bits per heavy atom. The van der Waals surface area contributed by atoms with Crippen molar-refractivity contribution < 1.29 is 19.5 Å². The van der Waals surface area contributed by atoms with Crippen molar-refractivity contribution >= 4 is 17.8 Å². The van der Waals surface area contributed by atoms with Crippen molar-refractivity contribution in [3.8, 4) is 0 Å². The molecule has 1 aliphatic heterocycles. The molecule has 6 heteroatoms. The predicted molar refractivity (Wildman–Crippen MR) is 64.9 cm³/mol. The Hall–Kier alpha value is -1.43. The van der Waals surface area contributed by atoms with Crippen LogP contribution in [0.2, 0.25) is 0 Å². The van der Waals surface area contributed by atoms with Crippen LogP contribution in [-0.2, 0) is 14.4 Å². The lowest BCUT2D eigenvalue weighted by molar-refractivity contribution is -0.139.